The van der Waals surface area contributed by atoms with E-state index in [1.54, 1.807) is 13.2 Å². The molecule has 0 spiro atoms. The molecule has 1 heterocycles. The Kier molecular flexibility index (Phi) is 3.72. The van der Waals surface area contributed by atoms with Crippen LogP contribution >= 0.6 is 0 Å². The average Bonchev–Trinajstić information content (AvgIpc) is 2.09. The van der Waals surface area contributed by atoms with Gasteiger partial charge in [0.25, 0.3) is 0 Å². The van der Waals surface area contributed by atoms with Crippen LogP contribution in [0.1, 0.15) is 13.3 Å². The predicted octanol–water partition coefficient (Wildman–Crippen LogP) is 0.729. The van der Waals surface area contributed by atoms with Crippen LogP contribution in [0.25, 0.3) is 0 Å². The summed E-state index contributed by atoms with van der Waals surface area (Å²) in [6.07, 6.45) is 2.86. The van der Waals surface area contributed by atoms with E-state index in [0.717, 1.165) is 18.6 Å². The van der Waals surface area contributed by atoms with Gasteiger partial charge >= 0.3 is 0 Å². The van der Waals surface area contributed by atoms with Crippen molar-refractivity contribution in [2.75, 3.05) is 20.3 Å². The second-order valence-electron chi connectivity index (χ2n) is 2.91. The van der Waals surface area contributed by atoms with E-state index in [1.807, 2.05) is 6.92 Å². The SMILES string of the molecule is COC1CCOC(C)/C1=C/CO. The number of hydrogen-bond donors (Lipinski definition) is 1. The van der Waals surface area contributed by atoms with E-state index >= 15 is 0 Å². The molecule has 0 aliphatic carbocycles. The second-order valence-corrected chi connectivity index (χ2v) is 2.91. The van der Waals surface area contributed by atoms with Gasteiger partial charge in [-0.15, -0.1) is 0 Å². The van der Waals surface area contributed by atoms with Crippen LogP contribution in [0.15, 0.2) is 11.6 Å². The lowest BCUT2D eigenvalue weighted by Crippen LogP contribution is -2.31. The minimum absolute atomic E-state index is 0.0584. The molecule has 0 amide bonds. The zero-order valence-electron chi connectivity index (χ0n) is 7.62. The highest BCUT2D eigenvalue weighted by atomic mass is 16.5. The van der Waals surface area contributed by atoms with Gasteiger partial charge in [0.1, 0.15) is 0 Å². The topological polar surface area (TPSA) is 38.7 Å². The number of aliphatic hydroxyl groups is 1. The molecular formula is C9H16O3. The lowest BCUT2D eigenvalue weighted by atomic mass is 9.99. The van der Waals surface area contributed by atoms with Crippen molar-refractivity contribution in [3.63, 3.8) is 0 Å². The largest absolute Gasteiger partial charge is 0.392 e. The zero-order chi connectivity index (χ0) is 8.97. The van der Waals surface area contributed by atoms with Crippen molar-refractivity contribution in [2.24, 2.45) is 0 Å². The molecule has 1 saturated heterocycles. The van der Waals surface area contributed by atoms with Crippen LogP contribution in [0.3, 0.4) is 0 Å². The van der Waals surface area contributed by atoms with E-state index in [9.17, 15) is 0 Å². The molecule has 3 heteroatoms. The molecule has 1 aliphatic heterocycles. The Hall–Kier alpha value is -0.380. The van der Waals surface area contributed by atoms with Gasteiger partial charge in [-0.25, -0.2) is 0 Å². The van der Waals surface area contributed by atoms with Crippen molar-refractivity contribution in [1.29, 1.82) is 0 Å². The molecule has 0 aromatic carbocycles. The molecule has 2 atom stereocenters. The lowest BCUT2D eigenvalue weighted by molar-refractivity contribution is -0.00562. The Labute approximate surface area is 73.0 Å². The molecular weight excluding hydrogens is 156 g/mol. The molecule has 1 rings (SSSR count). The summed E-state index contributed by atoms with van der Waals surface area (Å²) >= 11 is 0. The summed E-state index contributed by atoms with van der Waals surface area (Å²) in [6, 6.07) is 0. The van der Waals surface area contributed by atoms with Crippen molar-refractivity contribution >= 4 is 0 Å². The van der Waals surface area contributed by atoms with E-state index in [2.05, 4.69) is 0 Å². The van der Waals surface area contributed by atoms with Gasteiger partial charge in [0.2, 0.25) is 0 Å². The van der Waals surface area contributed by atoms with E-state index in [1.165, 1.54) is 0 Å². The van der Waals surface area contributed by atoms with Crippen LogP contribution in [-0.2, 0) is 9.47 Å². The van der Waals surface area contributed by atoms with Gasteiger partial charge in [0, 0.05) is 13.5 Å². The second kappa shape index (κ2) is 4.60. The average molecular weight is 172 g/mol. The van der Waals surface area contributed by atoms with Gasteiger partial charge in [0.05, 0.1) is 25.4 Å². The third kappa shape index (κ3) is 2.06. The fraction of sp³-hybridized carbons (Fsp3) is 0.778. The van der Waals surface area contributed by atoms with Gasteiger partial charge in [-0.3, -0.25) is 0 Å². The minimum Gasteiger partial charge on any atom is -0.392 e. The Balaban J connectivity index is 2.66. The van der Waals surface area contributed by atoms with Crippen LogP contribution in [0.4, 0.5) is 0 Å². The van der Waals surface area contributed by atoms with Crippen LogP contribution in [-0.4, -0.2) is 37.6 Å². The maximum absolute atomic E-state index is 8.76. The fourth-order valence-corrected chi connectivity index (χ4v) is 1.53. The summed E-state index contributed by atoms with van der Waals surface area (Å²) in [5.74, 6) is 0. The first-order valence-corrected chi connectivity index (χ1v) is 4.24. The van der Waals surface area contributed by atoms with Crippen molar-refractivity contribution in [1.82, 2.24) is 0 Å². The minimum atomic E-state index is 0.0584. The van der Waals surface area contributed by atoms with Crippen molar-refractivity contribution in [2.45, 2.75) is 25.6 Å². The number of hydrogen-bond acceptors (Lipinski definition) is 3. The van der Waals surface area contributed by atoms with Crippen LogP contribution in [0.5, 0.6) is 0 Å². The summed E-state index contributed by atoms with van der Waals surface area (Å²) in [5.41, 5.74) is 1.06. The van der Waals surface area contributed by atoms with Crippen molar-refractivity contribution in [3.8, 4) is 0 Å². The van der Waals surface area contributed by atoms with Gasteiger partial charge < -0.3 is 14.6 Å². The summed E-state index contributed by atoms with van der Waals surface area (Å²) in [4.78, 5) is 0. The molecule has 2 unspecified atom stereocenters. The third-order valence-corrected chi connectivity index (χ3v) is 2.20. The van der Waals surface area contributed by atoms with E-state index < -0.39 is 0 Å². The molecule has 70 valence electrons. The molecule has 1 aliphatic rings. The van der Waals surface area contributed by atoms with Crippen molar-refractivity contribution < 1.29 is 14.6 Å². The zero-order valence-corrected chi connectivity index (χ0v) is 7.62. The maximum atomic E-state index is 8.76. The molecule has 3 nitrogen and oxygen atoms in total. The Morgan fingerprint density at radius 1 is 1.75 bits per heavy atom. The van der Waals surface area contributed by atoms with Crippen LogP contribution in [0, 0.1) is 0 Å². The highest BCUT2D eigenvalue weighted by molar-refractivity contribution is 5.15. The summed E-state index contributed by atoms with van der Waals surface area (Å²) in [5, 5.41) is 8.76. The molecule has 0 saturated carbocycles. The molecule has 0 bridgehead atoms. The first-order valence-electron chi connectivity index (χ1n) is 4.24. The van der Waals surface area contributed by atoms with Crippen LogP contribution in [0.2, 0.25) is 0 Å². The Bertz CT molecular complexity index is 165. The molecule has 1 N–H and O–H groups in total. The number of rotatable bonds is 2. The smallest absolute Gasteiger partial charge is 0.0828 e. The Morgan fingerprint density at radius 3 is 3.08 bits per heavy atom. The molecule has 1 fully saturated rings. The van der Waals surface area contributed by atoms with E-state index in [-0.39, 0.29) is 18.8 Å². The van der Waals surface area contributed by atoms with Gasteiger partial charge in [-0.1, -0.05) is 6.08 Å². The summed E-state index contributed by atoms with van der Waals surface area (Å²) < 4.78 is 10.7. The van der Waals surface area contributed by atoms with E-state index in [4.69, 9.17) is 14.6 Å². The van der Waals surface area contributed by atoms with Crippen molar-refractivity contribution in [3.05, 3.63) is 11.6 Å². The monoisotopic (exact) mass is 172 g/mol. The predicted molar refractivity (Wildman–Crippen MR) is 46.0 cm³/mol. The normalized spacial score (nSPS) is 34.1. The van der Waals surface area contributed by atoms with Crippen LogP contribution < -0.4 is 0 Å². The molecule has 0 aromatic heterocycles. The maximum Gasteiger partial charge on any atom is 0.0828 e. The Morgan fingerprint density at radius 2 is 2.50 bits per heavy atom. The summed E-state index contributed by atoms with van der Waals surface area (Å²) in [7, 11) is 1.69. The van der Waals surface area contributed by atoms with Gasteiger partial charge in [-0.2, -0.15) is 0 Å². The summed E-state index contributed by atoms with van der Waals surface area (Å²) in [6.45, 7) is 2.78. The quantitative estimate of drug-likeness (QED) is 0.624. The molecule has 0 aromatic rings. The highest BCUT2D eigenvalue weighted by Crippen LogP contribution is 2.22. The lowest BCUT2D eigenvalue weighted by Gasteiger charge is -2.29. The third-order valence-electron chi connectivity index (χ3n) is 2.20. The first kappa shape index (κ1) is 9.71. The number of aliphatic hydroxyl groups excluding tert-OH is 1. The van der Waals surface area contributed by atoms with E-state index in [0.29, 0.717) is 0 Å². The molecule has 0 radical (unpaired) electrons. The fourth-order valence-electron chi connectivity index (χ4n) is 1.53. The number of ether oxygens (including phenoxy) is 2. The number of methoxy groups -OCH3 is 1. The standard InChI is InChI=1S/C9H16O3/c1-7-8(3-5-10)9(11-2)4-6-12-7/h3,7,9-10H,4-6H2,1-2H3/b8-3-. The highest BCUT2D eigenvalue weighted by Gasteiger charge is 2.24. The van der Waals surface area contributed by atoms with Gasteiger partial charge in [-0.05, 0) is 12.5 Å². The first-order chi connectivity index (χ1) is 5.79. The molecule has 12 heavy (non-hydrogen) atoms. The van der Waals surface area contributed by atoms with Gasteiger partial charge in [0.15, 0.2) is 0 Å².